The van der Waals surface area contributed by atoms with Crippen molar-refractivity contribution in [2.75, 3.05) is 0 Å². The first-order valence-electron chi connectivity index (χ1n) is 6.12. The highest BCUT2D eigenvalue weighted by atomic mass is 19.1. The molecular weight excluding hydrogens is 241 g/mol. The molecule has 0 aliphatic heterocycles. The van der Waals surface area contributed by atoms with Crippen LogP contribution < -0.4 is 5.73 Å². The van der Waals surface area contributed by atoms with Crippen molar-refractivity contribution < 1.29 is 4.39 Å². The van der Waals surface area contributed by atoms with Gasteiger partial charge in [0.05, 0.1) is 11.0 Å². The highest BCUT2D eigenvalue weighted by Gasteiger charge is 2.09. The minimum absolute atomic E-state index is 0.260. The van der Waals surface area contributed by atoms with Gasteiger partial charge in [0.1, 0.15) is 11.6 Å². The molecule has 1 heterocycles. The predicted octanol–water partition coefficient (Wildman–Crippen LogP) is 3.14. The molecule has 3 N–H and O–H groups in total. The number of nitrogens with zero attached hydrogens (tertiary/aromatic N) is 1. The number of H-pyrrole nitrogens is 1. The van der Waals surface area contributed by atoms with Gasteiger partial charge in [0, 0.05) is 12.1 Å². The van der Waals surface area contributed by atoms with Gasteiger partial charge in [-0.15, -0.1) is 0 Å². The van der Waals surface area contributed by atoms with Gasteiger partial charge in [0.15, 0.2) is 0 Å². The minimum Gasteiger partial charge on any atom is -0.338 e. The van der Waals surface area contributed by atoms with E-state index in [1.807, 2.05) is 25.1 Å². The van der Waals surface area contributed by atoms with Gasteiger partial charge in [-0.1, -0.05) is 12.1 Å². The van der Waals surface area contributed by atoms with E-state index in [4.69, 9.17) is 5.73 Å². The molecule has 0 radical (unpaired) electrons. The number of halogens is 1. The zero-order chi connectivity index (χ0) is 13.4. The Morgan fingerprint density at radius 1 is 1.21 bits per heavy atom. The number of nitrogens with one attached hydrogen (secondary N) is 1. The van der Waals surface area contributed by atoms with Crippen molar-refractivity contribution in [3.8, 4) is 11.4 Å². The van der Waals surface area contributed by atoms with Crippen LogP contribution in [0.5, 0.6) is 0 Å². The molecule has 0 unspecified atom stereocenters. The number of rotatable bonds is 2. The van der Waals surface area contributed by atoms with E-state index in [2.05, 4.69) is 9.97 Å². The van der Waals surface area contributed by atoms with Gasteiger partial charge in [-0.25, -0.2) is 9.37 Å². The van der Waals surface area contributed by atoms with E-state index in [0.29, 0.717) is 12.4 Å². The van der Waals surface area contributed by atoms with Crippen LogP contribution in [-0.4, -0.2) is 9.97 Å². The van der Waals surface area contributed by atoms with Gasteiger partial charge in [0.2, 0.25) is 0 Å². The summed E-state index contributed by atoms with van der Waals surface area (Å²) in [5, 5.41) is 0. The Hall–Kier alpha value is -2.20. The first kappa shape index (κ1) is 11.9. The van der Waals surface area contributed by atoms with Crippen LogP contribution in [0.3, 0.4) is 0 Å². The number of fused-ring (bicyclic) bond motifs is 1. The molecule has 0 bridgehead atoms. The number of hydrogen-bond acceptors (Lipinski definition) is 2. The van der Waals surface area contributed by atoms with Crippen LogP contribution in [0.4, 0.5) is 4.39 Å². The molecule has 0 spiro atoms. The summed E-state index contributed by atoms with van der Waals surface area (Å²) < 4.78 is 13.3. The Balaban J connectivity index is 2.17. The van der Waals surface area contributed by atoms with Crippen molar-refractivity contribution >= 4 is 11.0 Å². The molecule has 4 heteroatoms. The van der Waals surface area contributed by atoms with Gasteiger partial charge in [-0.3, -0.25) is 0 Å². The van der Waals surface area contributed by atoms with E-state index < -0.39 is 0 Å². The fraction of sp³-hybridized carbons (Fsp3) is 0.133. The Kier molecular flexibility index (Phi) is 2.80. The smallest absolute Gasteiger partial charge is 0.138 e. The van der Waals surface area contributed by atoms with Crippen molar-refractivity contribution in [3.05, 3.63) is 53.3 Å². The standard InChI is InChI=1S/C15H14FN3/c1-9-2-4-11(16)7-12(9)15-18-13-5-3-10(8-17)6-14(13)19-15/h2-7H,8,17H2,1H3,(H,18,19). The van der Waals surface area contributed by atoms with Crippen molar-refractivity contribution in [2.24, 2.45) is 5.73 Å². The summed E-state index contributed by atoms with van der Waals surface area (Å²) in [4.78, 5) is 7.72. The van der Waals surface area contributed by atoms with Gasteiger partial charge >= 0.3 is 0 Å². The molecule has 1 aromatic heterocycles. The number of imidazole rings is 1. The lowest BCUT2D eigenvalue weighted by Gasteiger charge is -2.01. The van der Waals surface area contributed by atoms with Crippen LogP contribution in [0, 0.1) is 12.7 Å². The number of benzene rings is 2. The van der Waals surface area contributed by atoms with Gasteiger partial charge in [-0.05, 0) is 42.3 Å². The molecule has 3 rings (SSSR count). The SMILES string of the molecule is Cc1ccc(F)cc1-c1nc2ccc(CN)cc2[nH]1. The Labute approximate surface area is 110 Å². The highest BCUT2D eigenvalue weighted by Crippen LogP contribution is 2.24. The Bertz CT molecular complexity index is 746. The molecular formula is C15H14FN3. The van der Waals surface area contributed by atoms with Crippen LogP contribution in [0.15, 0.2) is 36.4 Å². The van der Waals surface area contributed by atoms with Crippen LogP contribution in [0.1, 0.15) is 11.1 Å². The second kappa shape index (κ2) is 4.48. The average molecular weight is 255 g/mol. The monoisotopic (exact) mass is 255 g/mol. The van der Waals surface area contributed by atoms with Crippen LogP contribution in [-0.2, 0) is 6.54 Å². The molecule has 0 amide bonds. The molecule has 2 aromatic carbocycles. The summed E-state index contributed by atoms with van der Waals surface area (Å²) in [6.07, 6.45) is 0. The van der Waals surface area contributed by atoms with E-state index in [1.54, 1.807) is 6.07 Å². The Morgan fingerprint density at radius 3 is 2.84 bits per heavy atom. The molecule has 19 heavy (non-hydrogen) atoms. The lowest BCUT2D eigenvalue weighted by Crippen LogP contribution is -1.95. The van der Waals surface area contributed by atoms with E-state index in [-0.39, 0.29) is 5.82 Å². The molecule has 3 aromatic rings. The summed E-state index contributed by atoms with van der Waals surface area (Å²) in [5.74, 6) is 0.421. The minimum atomic E-state index is -0.260. The second-order valence-electron chi connectivity index (χ2n) is 4.60. The van der Waals surface area contributed by atoms with E-state index >= 15 is 0 Å². The third-order valence-electron chi connectivity index (χ3n) is 3.24. The maximum atomic E-state index is 13.3. The number of aromatic nitrogens is 2. The van der Waals surface area contributed by atoms with Crippen LogP contribution in [0.2, 0.25) is 0 Å². The topological polar surface area (TPSA) is 54.7 Å². The van der Waals surface area contributed by atoms with E-state index in [9.17, 15) is 4.39 Å². The van der Waals surface area contributed by atoms with Gasteiger partial charge < -0.3 is 10.7 Å². The third-order valence-corrected chi connectivity index (χ3v) is 3.24. The fourth-order valence-corrected chi connectivity index (χ4v) is 2.16. The molecule has 3 nitrogen and oxygen atoms in total. The maximum absolute atomic E-state index is 13.3. The average Bonchev–Trinajstić information content (AvgIpc) is 2.83. The van der Waals surface area contributed by atoms with Crippen molar-refractivity contribution in [1.82, 2.24) is 9.97 Å². The molecule has 0 aliphatic rings. The number of hydrogen-bond donors (Lipinski definition) is 2. The van der Waals surface area contributed by atoms with Crippen molar-refractivity contribution in [3.63, 3.8) is 0 Å². The molecule has 0 atom stereocenters. The Morgan fingerprint density at radius 2 is 2.05 bits per heavy atom. The van der Waals surface area contributed by atoms with E-state index in [1.165, 1.54) is 12.1 Å². The summed E-state index contributed by atoms with van der Waals surface area (Å²) in [5.41, 5.74) is 10.2. The maximum Gasteiger partial charge on any atom is 0.138 e. The summed E-state index contributed by atoms with van der Waals surface area (Å²) in [6.45, 7) is 2.43. The largest absolute Gasteiger partial charge is 0.338 e. The van der Waals surface area contributed by atoms with Crippen LogP contribution >= 0.6 is 0 Å². The zero-order valence-corrected chi connectivity index (χ0v) is 10.6. The van der Waals surface area contributed by atoms with Gasteiger partial charge in [-0.2, -0.15) is 0 Å². The molecule has 0 fully saturated rings. The third kappa shape index (κ3) is 2.11. The number of aromatic amines is 1. The lowest BCUT2D eigenvalue weighted by molar-refractivity contribution is 0.628. The van der Waals surface area contributed by atoms with E-state index in [0.717, 1.165) is 27.7 Å². The first-order valence-corrected chi connectivity index (χ1v) is 6.12. The number of aryl methyl sites for hydroxylation is 1. The summed E-state index contributed by atoms with van der Waals surface area (Å²) in [7, 11) is 0. The quantitative estimate of drug-likeness (QED) is 0.739. The number of nitrogens with two attached hydrogens (primary N) is 1. The second-order valence-corrected chi connectivity index (χ2v) is 4.60. The zero-order valence-electron chi connectivity index (χ0n) is 10.6. The highest BCUT2D eigenvalue weighted by molar-refractivity contribution is 5.80. The fourth-order valence-electron chi connectivity index (χ4n) is 2.16. The molecule has 0 aliphatic carbocycles. The van der Waals surface area contributed by atoms with Crippen LogP contribution in [0.25, 0.3) is 22.4 Å². The normalized spacial score (nSPS) is 11.1. The first-order chi connectivity index (χ1) is 9.17. The predicted molar refractivity (Wildman–Crippen MR) is 74.1 cm³/mol. The molecule has 0 saturated heterocycles. The molecule has 0 saturated carbocycles. The van der Waals surface area contributed by atoms with Gasteiger partial charge in [0.25, 0.3) is 0 Å². The van der Waals surface area contributed by atoms with Crippen molar-refractivity contribution in [1.29, 1.82) is 0 Å². The van der Waals surface area contributed by atoms with Crippen molar-refractivity contribution in [2.45, 2.75) is 13.5 Å². The summed E-state index contributed by atoms with van der Waals surface area (Å²) in [6, 6.07) is 10.5. The lowest BCUT2D eigenvalue weighted by atomic mass is 10.1. The molecule has 96 valence electrons. The summed E-state index contributed by atoms with van der Waals surface area (Å²) >= 11 is 0.